The lowest BCUT2D eigenvalue weighted by Gasteiger charge is -2.02. The third-order valence-electron chi connectivity index (χ3n) is 2.50. The van der Waals surface area contributed by atoms with Gasteiger partial charge in [-0.3, -0.25) is 9.11 Å². The van der Waals surface area contributed by atoms with E-state index in [1.54, 1.807) is 0 Å². The predicted molar refractivity (Wildman–Crippen MR) is 102 cm³/mol. The fourth-order valence-electron chi connectivity index (χ4n) is 1.04. The Bertz CT molecular complexity index is 401. The summed E-state index contributed by atoms with van der Waals surface area (Å²) in [5, 5.41) is 20.2. The molecule has 0 aromatic rings. The van der Waals surface area contributed by atoms with Gasteiger partial charge in [-0.15, -0.1) is 12.4 Å². The second-order valence-electron chi connectivity index (χ2n) is 4.71. The fourth-order valence-corrected chi connectivity index (χ4v) is 1.04. The summed E-state index contributed by atoms with van der Waals surface area (Å²) in [5.41, 5.74) is 0. The molecule has 158 valence electrons. The van der Waals surface area contributed by atoms with Crippen LogP contribution >= 0.6 is 12.4 Å². The van der Waals surface area contributed by atoms with Crippen LogP contribution in [0.4, 0.5) is 0 Å². The van der Waals surface area contributed by atoms with Crippen LogP contribution in [-0.2, 0) is 20.2 Å². The van der Waals surface area contributed by atoms with Crippen LogP contribution in [0.25, 0.3) is 0 Å². The minimum atomic E-state index is -3.66. The Labute approximate surface area is 158 Å². The van der Waals surface area contributed by atoms with Gasteiger partial charge in [-0.1, -0.05) is 12.8 Å². The SMILES string of the molecule is CCS(=O)(=O)O.CCS(=O)(=O)O.Cl.OCCCCCCNCCCO. The van der Waals surface area contributed by atoms with Crippen LogP contribution in [0.1, 0.15) is 46.0 Å². The third-order valence-corrected chi connectivity index (χ3v) is 3.96. The molecule has 0 atom stereocenters. The lowest BCUT2D eigenvalue weighted by Crippen LogP contribution is -2.17. The largest absolute Gasteiger partial charge is 0.396 e. The number of halogens is 1. The highest BCUT2D eigenvalue weighted by molar-refractivity contribution is 7.85. The topological polar surface area (TPSA) is 161 Å². The second kappa shape index (κ2) is 22.0. The summed E-state index contributed by atoms with van der Waals surface area (Å²) in [4.78, 5) is 0. The molecule has 0 aliphatic rings. The van der Waals surface area contributed by atoms with E-state index in [1.165, 1.54) is 26.7 Å². The van der Waals surface area contributed by atoms with Gasteiger partial charge in [0.05, 0.1) is 11.5 Å². The van der Waals surface area contributed by atoms with Crippen LogP contribution in [-0.4, -0.2) is 74.0 Å². The number of aliphatic hydroxyl groups is 2. The molecule has 0 rings (SSSR count). The van der Waals surface area contributed by atoms with Crippen molar-refractivity contribution in [3.05, 3.63) is 0 Å². The van der Waals surface area contributed by atoms with Gasteiger partial charge < -0.3 is 15.5 Å². The zero-order chi connectivity index (χ0) is 19.5. The summed E-state index contributed by atoms with van der Waals surface area (Å²) in [6, 6.07) is 0. The molecule has 0 amide bonds. The van der Waals surface area contributed by atoms with E-state index >= 15 is 0 Å². The Balaban J connectivity index is -0.000000144. The smallest absolute Gasteiger partial charge is 0.264 e. The summed E-state index contributed by atoms with van der Waals surface area (Å²) in [6.07, 6.45) is 5.25. The number of aliphatic hydroxyl groups excluding tert-OH is 2. The summed E-state index contributed by atoms with van der Waals surface area (Å²) in [6.45, 7) is 5.28. The molecule has 0 heterocycles. The zero-order valence-electron chi connectivity index (χ0n) is 14.9. The van der Waals surface area contributed by atoms with E-state index in [-0.39, 0.29) is 30.5 Å². The molecule has 0 aromatic carbocycles. The van der Waals surface area contributed by atoms with Crippen molar-refractivity contribution in [3.63, 3.8) is 0 Å². The van der Waals surface area contributed by atoms with Crippen molar-refractivity contribution in [2.24, 2.45) is 0 Å². The van der Waals surface area contributed by atoms with E-state index in [4.69, 9.17) is 19.3 Å². The average Bonchev–Trinajstić information content (AvgIpc) is 2.50. The predicted octanol–water partition coefficient (Wildman–Crippen LogP) is 0.721. The van der Waals surface area contributed by atoms with Gasteiger partial charge in [0, 0.05) is 13.2 Å². The molecule has 0 aliphatic heterocycles. The summed E-state index contributed by atoms with van der Waals surface area (Å²) < 4.78 is 53.8. The summed E-state index contributed by atoms with van der Waals surface area (Å²) in [5.74, 6) is -0.403. The molecule has 9 nitrogen and oxygen atoms in total. The maximum absolute atomic E-state index is 9.56. The first kappa shape index (κ1) is 32.6. The number of rotatable bonds is 11. The van der Waals surface area contributed by atoms with Gasteiger partial charge in [-0.25, -0.2) is 0 Å². The van der Waals surface area contributed by atoms with Gasteiger partial charge in [0.25, 0.3) is 20.2 Å². The first-order valence-corrected chi connectivity index (χ1v) is 11.1. The van der Waals surface area contributed by atoms with E-state index in [0.29, 0.717) is 6.61 Å². The highest BCUT2D eigenvalue weighted by Gasteiger charge is 1.94. The van der Waals surface area contributed by atoms with E-state index in [9.17, 15) is 16.8 Å². The minimum absolute atomic E-state index is 0. The van der Waals surface area contributed by atoms with Crippen LogP contribution in [0.5, 0.6) is 0 Å². The molecule has 0 spiro atoms. The monoisotopic (exact) mass is 431 g/mol. The first-order chi connectivity index (χ1) is 11.0. The maximum atomic E-state index is 9.56. The molecule has 0 saturated carbocycles. The van der Waals surface area contributed by atoms with Crippen molar-refractivity contribution in [1.82, 2.24) is 5.32 Å². The number of hydrogen-bond donors (Lipinski definition) is 5. The van der Waals surface area contributed by atoms with Crippen molar-refractivity contribution in [1.29, 1.82) is 0 Å². The molecule has 0 saturated heterocycles. The van der Waals surface area contributed by atoms with Crippen LogP contribution in [0.15, 0.2) is 0 Å². The molecule has 12 heteroatoms. The Kier molecular flexibility index (Phi) is 28.8. The lowest BCUT2D eigenvalue weighted by molar-refractivity contribution is 0.281. The minimum Gasteiger partial charge on any atom is -0.396 e. The first-order valence-electron chi connectivity index (χ1n) is 7.86. The molecule has 0 fully saturated rings. The quantitative estimate of drug-likeness (QED) is 0.234. The van der Waals surface area contributed by atoms with Gasteiger partial charge in [0.15, 0.2) is 0 Å². The van der Waals surface area contributed by atoms with Crippen LogP contribution in [0.2, 0.25) is 0 Å². The van der Waals surface area contributed by atoms with Crippen LogP contribution in [0.3, 0.4) is 0 Å². The highest BCUT2D eigenvalue weighted by atomic mass is 35.5. The molecular weight excluding hydrogens is 398 g/mol. The standard InChI is InChI=1S/C9H21NO2.2C2H6O3S.ClH/c11-8-4-2-1-3-6-10-7-5-9-12;2*1-2-6(3,4)5;/h10-12H,1-9H2;2*2H2,1H3,(H,3,4,5);1H. The third kappa shape index (κ3) is 51.6. The van der Waals surface area contributed by atoms with Crippen molar-refractivity contribution < 1.29 is 36.2 Å². The lowest BCUT2D eigenvalue weighted by atomic mass is 10.2. The summed E-state index contributed by atoms with van der Waals surface area (Å²) >= 11 is 0. The molecule has 0 aromatic heterocycles. The second-order valence-corrected chi connectivity index (χ2v) is 8.19. The molecule has 0 radical (unpaired) electrons. The molecule has 25 heavy (non-hydrogen) atoms. The highest BCUT2D eigenvalue weighted by Crippen LogP contribution is 1.97. The Morgan fingerprint density at radius 3 is 1.32 bits per heavy atom. The van der Waals surface area contributed by atoms with E-state index in [2.05, 4.69) is 5.32 Å². The van der Waals surface area contributed by atoms with E-state index in [1.807, 2.05) is 0 Å². The zero-order valence-corrected chi connectivity index (χ0v) is 17.4. The number of unbranched alkanes of at least 4 members (excludes halogenated alkanes) is 3. The number of hydrogen-bond acceptors (Lipinski definition) is 7. The van der Waals surface area contributed by atoms with Crippen LogP contribution in [0, 0.1) is 0 Å². The normalized spacial score (nSPS) is 10.6. The van der Waals surface area contributed by atoms with Crippen molar-refractivity contribution in [2.45, 2.75) is 46.0 Å². The molecule has 0 bridgehead atoms. The van der Waals surface area contributed by atoms with Crippen molar-refractivity contribution >= 4 is 32.6 Å². The average molecular weight is 432 g/mol. The van der Waals surface area contributed by atoms with Gasteiger partial charge >= 0.3 is 0 Å². The molecule has 0 unspecified atom stereocenters. The number of nitrogens with one attached hydrogen (secondary N) is 1. The molecular formula is C13H34ClNO8S2. The van der Waals surface area contributed by atoms with Gasteiger partial charge in [-0.05, 0) is 46.2 Å². The molecule has 0 aliphatic carbocycles. The van der Waals surface area contributed by atoms with E-state index < -0.39 is 20.2 Å². The summed E-state index contributed by atoms with van der Waals surface area (Å²) in [7, 11) is -7.32. The molecule has 5 N–H and O–H groups in total. The van der Waals surface area contributed by atoms with Crippen molar-refractivity contribution in [2.75, 3.05) is 37.8 Å². The Morgan fingerprint density at radius 1 is 0.680 bits per heavy atom. The fraction of sp³-hybridized carbons (Fsp3) is 1.00. The van der Waals surface area contributed by atoms with Gasteiger partial charge in [0.1, 0.15) is 0 Å². The van der Waals surface area contributed by atoms with Crippen molar-refractivity contribution in [3.8, 4) is 0 Å². The van der Waals surface area contributed by atoms with Crippen LogP contribution < -0.4 is 5.32 Å². The van der Waals surface area contributed by atoms with Gasteiger partial charge in [-0.2, -0.15) is 16.8 Å². The Hall–Kier alpha value is -0.0100. The van der Waals surface area contributed by atoms with Gasteiger partial charge in [0.2, 0.25) is 0 Å². The Morgan fingerprint density at radius 2 is 1.00 bits per heavy atom. The maximum Gasteiger partial charge on any atom is 0.264 e. The van der Waals surface area contributed by atoms with E-state index in [0.717, 1.165) is 32.4 Å².